The van der Waals surface area contributed by atoms with Crippen LogP contribution in [0.4, 0.5) is 0 Å². The molecule has 0 rings (SSSR count). The summed E-state index contributed by atoms with van der Waals surface area (Å²) in [6.45, 7) is 7.72. The van der Waals surface area contributed by atoms with Gasteiger partial charge >= 0.3 is 0 Å². The molecule has 0 spiro atoms. The van der Waals surface area contributed by atoms with E-state index >= 15 is 0 Å². The maximum atomic E-state index is 5.55. The fourth-order valence-electron chi connectivity index (χ4n) is 1.63. The van der Waals surface area contributed by atoms with Crippen LogP contribution in [-0.2, 0) is 0 Å². The molecule has 1 heteroatoms. The van der Waals surface area contributed by atoms with Crippen molar-refractivity contribution < 1.29 is 0 Å². The van der Waals surface area contributed by atoms with Crippen molar-refractivity contribution in [3.8, 4) is 0 Å². The summed E-state index contributed by atoms with van der Waals surface area (Å²) in [5, 5.41) is 0. The van der Waals surface area contributed by atoms with Gasteiger partial charge < -0.3 is 5.73 Å². The van der Waals surface area contributed by atoms with Crippen molar-refractivity contribution in [1.82, 2.24) is 0 Å². The van der Waals surface area contributed by atoms with Crippen LogP contribution in [0.1, 0.15) is 46.5 Å². The molecule has 2 atom stereocenters. The van der Waals surface area contributed by atoms with E-state index in [1.165, 1.54) is 25.7 Å². The van der Waals surface area contributed by atoms with Crippen LogP contribution >= 0.6 is 0 Å². The Balaban J connectivity index is 3.66. The van der Waals surface area contributed by atoms with Crippen LogP contribution in [0.15, 0.2) is 0 Å². The van der Waals surface area contributed by atoms with Crippen molar-refractivity contribution in [2.24, 2.45) is 17.6 Å². The molecule has 1 nitrogen and oxygen atoms in total. The molecule has 0 aliphatic rings. The third-order valence-corrected chi connectivity index (χ3v) is 2.65. The van der Waals surface area contributed by atoms with Crippen molar-refractivity contribution >= 4 is 0 Å². The Morgan fingerprint density at radius 3 is 2.18 bits per heavy atom. The van der Waals surface area contributed by atoms with Crippen LogP contribution in [0.5, 0.6) is 0 Å². The van der Waals surface area contributed by atoms with Crippen LogP contribution < -0.4 is 5.73 Å². The zero-order valence-corrected chi connectivity index (χ0v) is 8.27. The average Bonchev–Trinajstić information content (AvgIpc) is 2.03. The van der Waals surface area contributed by atoms with E-state index in [0.717, 1.165) is 18.4 Å². The lowest BCUT2D eigenvalue weighted by Gasteiger charge is -2.21. The van der Waals surface area contributed by atoms with E-state index in [1.807, 2.05) is 0 Å². The summed E-state index contributed by atoms with van der Waals surface area (Å²) in [4.78, 5) is 0. The highest BCUT2D eigenvalue weighted by Gasteiger charge is 2.12. The van der Waals surface area contributed by atoms with Gasteiger partial charge in [0.1, 0.15) is 0 Å². The fourth-order valence-corrected chi connectivity index (χ4v) is 1.63. The predicted molar refractivity (Wildman–Crippen MR) is 51.5 cm³/mol. The first-order valence-corrected chi connectivity index (χ1v) is 4.96. The minimum absolute atomic E-state index is 0.856. The molecule has 0 aromatic heterocycles. The lowest BCUT2D eigenvalue weighted by Crippen LogP contribution is -2.15. The number of rotatable bonds is 6. The first kappa shape index (κ1) is 11.0. The standard InChI is InChI=1S/C10H23N/c1-4-6-10(7-8-11)9(3)5-2/h9-10H,4-8,11H2,1-3H3/t9-,10?/m1/s1. The second kappa shape index (κ2) is 6.66. The summed E-state index contributed by atoms with van der Waals surface area (Å²) in [6, 6.07) is 0. The van der Waals surface area contributed by atoms with Crippen LogP contribution in [-0.4, -0.2) is 6.54 Å². The van der Waals surface area contributed by atoms with E-state index in [4.69, 9.17) is 5.73 Å². The normalized spacial score (nSPS) is 16.4. The topological polar surface area (TPSA) is 26.0 Å². The molecule has 0 aliphatic carbocycles. The molecule has 0 saturated carbocycles. The third kappa shape index (κ3) is 4.41. The van der Waals surface area contributed by atoms with Gasteiger partial charge in [0.15, 0.2) is 0 Å². The highest BCUT2D eigenvalue weighted by molar-refractivity contribution is 4.65. The predicted octanol–water partition coefficient (Wildman–Crippen LogP) is 2.80. The summed E-state index contributed by atoms with van der Waals surface area (Å²) in [5.41, 5.74) is 5.55. The second-order valence-corrected chi connectivity index (χ2v) is 3.51. The molecule has 11 heavy (non-hydrogen) atoms. The van der Waals surface area contributed by atoms with E-state index in [9.17, 15) is 0 Å². The van der Waals surface area contributed by atoms with E-state index in [1.54, 1.807) is 0 Å². The molecule has 0 aliphatic heterocycles. The first-order chi connectivity index (χ1) is 5.26. The molecule has 68 valence electrons. The van der Waals surface area contributed by atoms with E-state index < -0.39 is 0 Å². The molecule has 0 fully saturated rings. The van der Waals surface area contributed by atoms with Crippen LogP contribution in [0, 0.1) is 11.8 Å². The monoisotopic (exact) mass is 157 g/mol. The smallest absolute Gasteiger partial charge is 0.00745 e. The van der Waals surface area contributed by atoms with Gasteiger partial charge in [0.25, 0.3) is 0 Å². The Kier molecular flexibility index (Phi) is 6.63. The molecular weight excluding hydrogens is 134 g/mol. The molecule has 0 heterocycles. The van der Waals surface area contributed by atoms with Gasteiger partial charge in [-0.2, -0.15) is 0 Å². The van der Waals surface area contributed by atoms with E-state index in [2.05, 4.69) is 20.8 Å². The SMILES string of the molecule is CCCC(CCN)[C@H](C)CC. The van der Waals surface area contributed by atoms with Crippen molar-refractivity contribution in [1.29, 1.82) is 0 Å². The van der Waals surface area contributed by atoms with E-state index in [-0.39, 0.29) is 0 Å². The largest absolute Gasteiger partial charge is 0.330 e. The second-order valence-electron chi connectivity index (χ2n) is 3.51. The van der Waals surface area contributed by atoms with Gasteiger partial charge in [-0.1, -0.05) is 40.0 Å². The maximum absolute atomic E-state index is 5.55. The molecule has 0 radical (unpaired) electrons. The minimum Gasteiger partial charge on any atom is -0.330 e. The van der Waals surface area contributed by atoms with Gasteiger partial charge in [0, 0.05) is 0 Å². The Labute approximate surface area is 71.4 Å². The van der Waals surface area contributed by atoms with Crippen LogP contribution in [0.3, 0.4) is 0 Å². The van der Waals surface area contributed by atoms with Crippen molar-refractivity contribution in [3.05, 3.63) is 0 Å². The van der Waals surface area contributed by atoms with Gasteiger partial charge in [-0.05, 0) is 24.8 Å². The van der Waals surface area contributed by atoms with E-state index in [0.29, 0.717) is 0 Å². The average molecular weight is 157 g/mol. The van der Waals surface area contributed by atoms with Crippen LogP contribution in [0.25, 0.3) is 0 Å². The molecule has 2 N–H and O–H groups in total. The minimum atomic E-state index is 0.856. The molecular formula is C10H23N. The zero-order chi connectivity index (χ0) is 8.69. The molecule has 0 aromatic rings. The summed E-state index contributed by atoms with van der Waals surface area (Å²) in [6.07, 6.45) is 5.16. The Bertz CT molecular complexity index is 74.9. The highest BCUT2D eigenvalue weighted by atomic mass is 14.5. The summed E-state index contributed by atoms with van der Waals surface area (Å²) in [7, 11) is 0. The van der Waals surface area contributed by atoms with Crippen LogP contribution in [0.2, 0.25) is 0 Å². The molecule has 0 bridgehead atoms. The lowest BCUT2D eigenvalue weighted by atomic mass is 9.86. The summed E-state index contributed by atoms with van der Waals surface area (Å²) in [5.74, 6) is 1.73. The molecule has 1 unspecified atom stereocenters. The number of nitrogens with two attached hydrogens (primary N) is 1. The molecule has 0 amide bonds. The van der Waals surface area contributed by atoms with Gasteiger partial charge in [-0.25, -0.2) is 0 Å². The molecule has 0 saturated heterocycles. The van der Waals surface area contributed by atoms with Gasteiger partial charge in [0.05, 0.1) is 0 Å². The summed E-state index contributed by atoms with van der Waals surface area (Å²) >= 11 is 0. The van der Waals surface area contributed by atoms with Gasteiger partial charge in [-0.15, -0.1) is 0 Å². The van der Waals surface area contributed by atoms with Crippen molar-refractivity contribution in [3.63, 3.8) is 0 Å². The quantitative estimate of drug-likeness (QED) is 0.630. The maximum Gasteiger partial charge on any atom is -0.00745 e. The first-order valence-electron chi connectivity index (χ1n) is 4.96. The Morgan fingerprint density at radius 1 is 1.18 bits per heavy atom. The zero-order valence-electron chi connectivity index (χ0n) is 8.27. The van der Waals surface area contributed by atoms with Crippen molar-refractivity contribution in [2.45, 2.75) is 46.5 Å². The number of hydrogen-bond donors (Lipinski definition) is 1. The fraction of sp³-hybridized carbons (Fsp3) is 1.00. The van der Waals surface area contributed by atoms with Crippen molar-refractivity contribution in [2.75, 3.05) is 6.54 Å². The van der Waals surface area contributed by atoms with Gasteiger partial charge in [-0.3, -0.25) is 0 Å². The molecule has 0 aromatic carbocycles. The highest BCUT2D eigenvalue weighted by Crippen LogP contribution is 2.22. The third-order valence-electron chi connectivity index (χ3n) is 2.65. The summed E-state index contributed by atoms with van der Waals surface area (Å²) < 4.78 is 0. The lowest BCUT2D eigenvalue weighted by molar-refractivity contribution is 0.309. The Morgan fingerprint density at radius 2 is 1.82 bits per heavy atom. The van der Waals surface area contributed by atoms with Gasteiger partial charge in [0.2, 0.25) is 0 Å². The number of hydrogen-bond acceptors (Lipinski definition) is 1. The Hall–Kier alpha value is -0.0400.